The molecule has 0 aromatic heterocycles. The van der Waals surface area contributed by atoms with Crippen LogP contribution in [0, 0.1) is 25.1 Å². The first-order valence-electron chi connectivity index (χ1n) is 6.47. The average molecular weight is 321 g/mol. The van der Waals surface area contributed by atoms with Crippen LogP contribution < -0.4 is 5.32 Å². The standard InChI is InChI=1S/C17H11F4NO/c1-3-11-8-13(6-4-10(11)2)22-16(23)12-5-7-15(18)14(9-12)17(19,20)21/h1,4-9H,2H3,(H,22,23). The third-order valence-corrected chi connectivity index (χ3v) is 3.18. The number of rotatable bonds is 2. The van der Waals surface area contributed by atoms with Crippen LogP contribution in [0.5, 0.6) is 0 Å². The highest BCUT2D eigenvalue weighted by Gasteiger charge is 2.34. The van der Waals surface area contributed by atoms with E-state index in [4.69, 9.17) is 6.42 Å². The Morgan fingerprint density at radius 3 is 2.48 bits per heavy atom. The van der Waals surface area contributed by atoms with Crippen LogP contribution in [0.3, 0.4) is 0 Å². The van der Waals surface area contributed by atoms with Gasteiger partial charge in [0, 0.05) is 16.8 Å². The number of benzene rings is 2. The minimum absolute atomic E-state index is 0.304. The van der Waals surface area contributed by atoms with E-state index in [0.29, 0.717) is 23.4 Å². The molecule has 118 valence electrons. The monoisotopic (exact) mass is 321 g/mol. The molecular formula is C17H11F4NO. The smallest absolute Gasteiger partial charge is 0.322 e. The first-order chi connectivity index (χ1) is 10.7. The van der Waals surface area contributed by atoms with Gasteiger partial charge in [0.1, 0.15) is 5.82 Å². The molecule has 0 aliphatic carbocycles. The average Bonchev–Trinajstić information content (AvgIpc) is 2.48. The Morgan fingerprint density at radius 1 is 1.17 bits per heavy atom. The lowest BCUT2D eigenvalue weighted by Crippen LogP contribution is -2.15. The molecule has 2 aromatic carbocycles. The van der Waals surface area contributed by atoms with E-state index in [-0.39, 0.29) is 5.56 Å². The highest BCUT2D eigenvalue weighted by molar-refractivity contribution is 6.04. The molecule has 0 bridgehead atoms. The minimum Gasteiger partial charge on any atom is -0.322 e. The Kier molecular flexibility index (Phi) is 4.41. The maximum atomic E-state index is 13.2. The lowest BCUT2D eigenvalue weighted by Gasteiger charge is -2.11. The highest BCUT2D eigenvalue weighted by atomic mass is 19.4. The quantitative estimate of drug-likeness (QED) is 0.645. The fourth-order valence-corrected chi connectivity index (χ4v) is 1.94. The van der Waals surface area contributed by atoms with Crippen molar-refractivity contribution in [3.8, 4) is 12.3 Å². The van der Waals surface area contributed by atoms with Crippen molar-refractivity contribution in [3.05, 3.63) is 64.5 Å². The summed E-state index contributed by atoms with van der Waals surface area (Å²) in [6.45, 7) is 1.79. The van der Waals surface area contributed by atoms with Crippen molar-refractivity contribution in [1.82, 2.24) is 0 Å². The van der Waals surface area contributed by atoms with E-state index < -0.39 is 23.5 Å². The van der Waals surface area contributed by atoms with Crippen LogP contribution in [0.2, 0.25) is 0 Å². The highest BCUT2D eigenvalue weighted by Crippen LogP contribution is 2.32. The lowest BCUT2D eigenvalue weighted by molar-refractivity contribution is -0.140. The van der Waals surface area contributed by atoms with Crippen LogP contribution in [-0.2, 0) is 6.18 Å². The van der Waals surface area contributed by atoms with E-state index in [1.165, 1.54) is 6.07 Å². The molecule has 2 aromatic rings. The number of nitrogens with one attached hydrogen (secondary N) is 1. The number of alkyl halides is 3. The molecule has 1 amide bonds. The first kappa shape index (κ1) is 16.6. The van der Waals surface area contributed by atoms with E-state index in [9.17, 15) is 22.4 Å². The summed E-state index contributed by atoms with van der Waals surface area (Å²) in [7, 11) is 0. The largest absolute Gasteiger partial charge is 0.419 e. The van der Waals surface area contributed by atoms with Crippen LogP contribution in [0.1, 0.15) is 27.0 Å². The predicted octanol–water partition coefficient (Wildman–Crippen LogP) is 4.39. The summed E-state index contributed by atoms with van der Waals surface area (Å²) in [6.07, 6.45) is 0.442. The van der Waals surface area contributed by atoms with Gasteiger partial charge in [-0.2, -0.15) is 13.2 Å². The van der Waals surface area contributed by atoms with Gasteiger partial charge >= 0.3 is 6.18 Å². The van der Waals surface area contributed by atoms with Crippen molar-refractivity contribution in [1.29, 1.82) is 0 Å². The molecule has 0 saturated carbocycles. The van der Waals surface area contributed by atoms with Crippen molar-refractivity contribution in [2.75, 3.05) is 5.32 Å². The predicted molar refractivity (Wildman–Crippen MR) is 78.5 cm³/mol. The Hall–Kier alpha value is -2.81. The van der Waals surface area contributed by atoms with Gasteiger partial charge in [0.05, 0.1) is 5.56 Å². The number of carbonyl (C=O) groups excluding carboxylic acids is 1. The molecule has 0 fully saturated rings. The van der Waals surface area contributed by atoms with Gasteiger partial charge in [-0.3, -0.25) is 4.79 Å². The fraction of sp³-hybridized carbons (Fsp3) is 0.118. The maximum Gasteiger partial charge on any atom is 0.419 e. The van der Waals surface area contributed by atoms with Gasteiger partial charge in [-0.15, -0.1) is 6.42 Å². The molecule has 0 heterocycles. The summed E-state index contributed by atoms with van der Waals surface area (Å²) in [5.74, 6) is 0.214. The molecule has 0 aliphatic heterocycles. The molecule has 0 spiro atoms. The first-order valence-corrected chi connectivity index (χ1v) is 6.47. The molecule has 2 nitrogen and oxygen atoms in total. The number of amides is 1. The lowest BCUT2D eigenvalue weighted by atomic mass is 10.1. The molecule has 2 rings (SSSR count). The summed E-state index contributed by atoms with van der Waals surface area (Å²) < 4.78 is 51.2. The Labute approximate surface area is 130 Å². The summed E-state index contributed by atoms with van der Waals surface area (Å²) in [6, 6.07) is 6.84. The third-order valence-electron chi connectivity index (χ3n) is 3.18. The Bertz CT molecular complexity index is 803. The van der Waals surface area contributed by atoms with E-state index >= 15 is 0 Å². The van der Waals surface area contributed by atoms with Crippen LogP contribution in [0.15, 0.2) is 36.4 Å². The summed E-state index contributed by atoms with van der Waals surface area (Å²) in [5.41, 5.74) is -0.0733. The van der Waals surface area contributed by atoms with E-state index in [0.717, 1.165) is 11.6 Å². The van der Waals surface area contributed by atoms with E-state index in [2.05, 4.69) is 11.2 Å². The number of halogens is 4. The molecule has 0 saturated heterocycles. The number of carbonyl (C=O) groups is 1. The molecule has 1 N–H and O–H groups in total. The van der Waals surface area contributed by atoms with Crippen LogP contribution in [0.25, 0.3) is 0 Å². The second-order valence-electron chi connectivity index (χ2n) is 4.82. The van der Waals surface area contributed by atoms with Gasteiger partial charge in [0.25, 0.3) is 5.91 Å². The summed E-state index contributed by atoms with van der Waals surface area (Å²) in [5, 5.41) is 2.43. The zero-order valence-electron chi connectivity index (χ0n) is 12.0. The van der Waals surface area contributed by atoms with Crippen molar-refractivity contribution < 1.29 is 22.4 Å². The second kappa shape index (κ2) is 6.13. The SMILES string of the molecule is C#Cc1cc(NC(=O)c2ccc(F)c(C(F)(F)F)c2)ccc1C. The molecular weight excluding hydrogens is 310 g/mol. The second-order valence-corrected chi connectivity index (χ2v) is 4.82. The van der Waals surface area contributed by atoms with Crippen LogP contribution in [0.4, 0.5) is 23.2 Å². The van der Waals surface area contributed by atoms with Crippen LogP contribution in [-0.4, -0.2) is 5.91 Å². The third kappa shape index (κ3) is 3.69. The zero-order chi connectivity index (χ0) is 17.2. The zero-order valence-corrected chi connectivity index (χ0v) is 12.0. The van der Waals surface area contributed by atoms with Crippen molar-refractivity contribution in [2.24, 2.45) is 0 Å². The molecule has 0 radical (unpaired) electrons. The number of hydrogen-bond donors (Lipinski definition) is 1. The van der Waals surface area contributed by atoms with Gasteiger partial charge in [-0.1, -0.05) is 12.0 Å². The minimum atomic E-state index is -4.87. The normalized spacial score (nSPS) is 11.0. The number of aryl methyl sites for hydroxylation is 1. The van der Waals surface area contributed by atoms with Crippen molar-refractivity contribution in [2.45, 2.75) is 13.1 Å². The van der Waals surface area contributed by atoms with Gasteiger partial charge in [-0.25, -0.2) is 4.39 Å². The number of terminal acetylenes is 1. The number of hydrogen-bond acceptors (Lipinski definition) is 1. The van der Waals surface area contributed by atoms with Crippen molar-refractivity contribution >= 4 is 11.6 Å². The van der Waals surface area contributed by atoms with Gasteiger partial charge < -0.3 is 5.32 Å². The Morgan fingerprint density at radius 2 is 1.87 bits per heavy atom. The topological polar surface area (TPSA) is 29.1 Å². The molecule has 23 heavy (non-hydrogen) atoms. The maximum absolute atomic E-state index is 13.2. The summed E-state index contributed by atoms with van der Waals surface area (Å²) in [4.78, 5) is 12.0. The van der Waals surface area contributed by atoms with Crippen molar-refractivity contribution in [3.63, 3.8) is 0 Å². The van der Waals surface area contributed by atoms with Gasteiger partial charge in [0.15, 0.2) is 0 Å². The molecule has 0 atom stereocenters. The van der Waals surface area contributed by atoms with Gasteiger partial charge in [-0.05, 0) is 42.8 Å². The van der Waals surface area contributed by atoms with Gasteiger partial charge in [0.2, 0.25) is 0 Å². The molecule has 0 aliphatic rings. The summed E-state index contributed by atoms with van der Waals surface area (Å²) >= 11 is 0. The number of anilines is 1. The van der Waals surface area contributed by atoms with E-state index in [1.807, 2.05) is 0 Å². The fourth-order valence-electron chi connectivity index (χ4n) is 1.94. The van der Waals surface area contributed by atoms with E-state index in [1.54, 1.807) is 19.1 Å². The van der Waals surface area contributed by atoms with Crippen LogP contribution >= 0.6 is 0 Å². The molecule has 6 heteroatoms. The Balaban J connectivity index is 2.30. The molecule has 0 unspecified atom stereocenters.